The summed E-state index contributed by atoms with van der Waals surface area (Å²) in [5.41, 5.74) is -1.03. The SMILES string of the molecule is CCN(C(=O)c1cccc2c1C=CCCC2)C(Cc1cccc(SC(F)(F)F)c1)C(O)c1ccc(F)cc1. The Morgan fingerprint density at radius 2 is 1.82 bits per heavy atom. The number of likely N-dealkylation sites (N-methyl/N-ethyl adjacent to an activating group) is 1. The first-order valence-corrected chi connectivity index (χ1v) is 13.4. The number of amides is 1. The van der Waals surface area contributed by atoms with Gasteiger partial charge in [-0.3, -0.25) is 4.79 Å². The minimum Gasteiger partial charge on any atom is -0.386 e. The predicted molar refractivity (Wildman–Crippen MR) is 142 cm³/mol. The highest BCUT2D eigenvalue weighted by molar-refractivity contribution is 8.00. The molecule has 4 rings (SSSR count). The largest absolute Gasteiger partial charge is 0.446 e. The second-order valence-corrected chi connectivity index (χ2v) is 10.4. The third kappa shape index (κ3) is 6.85. The standard InChI is InChI=1S/C30H29F4NO2S/c1-2-35(29(37)26-13-7-10-21-9-4-3-5-12-25(21)26)27(28(36)22-14-16-23(31)17-15-22)19-20-8-6-11-24(18-20)38-30(32,33)34/h5-8,10-18,27-28,36H,2-4,9,19H2,1H3. The van der Waals surface area contributed by atoms with Crippen LogP contribution < -0.4 is 0 Å². The van der Waals surface area contributed by atoms with E-state index in [0.717, 1.165) is 30.4 Å². The van der Waals surface area contributed by atoms with E-state index in [0.29, 0.717) is 16.7 Å². The number of hydrogen-bond donors (Lipinski definition) is 1. The van der Waals surface area contributed by atoms with Crippen LogP contribution in [0.15, 0.2) is 77.7 Å². The number of hydrogen-bond acceptors (Lipinski definition) is 3. The highest BCUT2D eigenvalue weighted by Crippen LogP contribution is 2.37. The van der Waals surface area contributed by atoms with Crippen molar-refractivity contribution in [2.45, 2.75) is 55.2 Å². The molecule has 0 aliphatic heterocycles. The number of carbonyl (C=O) groups excluding carboxylic acids is 1. The Morgan fingerprint density at radius 3 is 2.53 bits per heavy atom. The predicted octanol–water partition coefficient (Wildman–Crippen LogP) is 7.59. The molecule has 3 aromatic rings. The summed E-state index contributed by atoms with van der Waals surface area (Å²) in [6.07, 6.45) is 5.67. The van der Waals surface area contributed by atoms with Crippen molar-refractivity contribution >= 4 is 23.7 Å². The molecular formula is C30H29F4NO2S. The monoisotopic (exact) mass is 543 g/mol. The number of aryl methyl sites for hydroxylation is 1. The molecule has 1 amide bonds. The second kappa shape index (κ2) is 12.2. The van der Waals surface area contributed by atoms with Gasteiger partial charge in [-0.15, -0.1) is 0 Å². The normalized spacial score (nSPS) is 14.9. The fraction of sp³-hybridized carbons (Fsp3) is 0.300. The van der Waals surface area contributed by atoms with E-state index in [1.165, 1.54) is 42.5 Å². The molecule has 1 aliphatic rings. The molecule has 0 fully saturated rings. The highest BCUT2D eigenvalue weighted by Gasteiger charge is 2.33. The summed E-state index contributed by atoms with van der Waals surface area (Å²) >= 11 is -0.209. The van der Waals surface area contributed by atoms with Gasteiger partial charge in [-0.1, -0.05) is 48.6 Å². The molecule has 8 heteroatoms. The van der Waals surface area contributed by atoms with Gasteiger partial charge < -0.3 is 10.0 Å². The summed E-state index contributed by atoms with van der Waals surface area (Å²) < 4.78 is 52.6. The van der Waals surface area contributed by atoms with Crippen molar-refractivity contribution < 1.29 is 27.5 Å². The van der Waals surface area contributed by atoms with Gasteiger partial charge >= 0.3 is 5.51 Å². The van der Waals surface area contributed by atoms with Crippen molar-refractivity contribution in [3.63, 3.8) is 0 Å². The van der Waals surface area contributed by atoms with Crippen molar-refractivity contribution in [2.75, 3.05) is 6.54 Å². The number of nitrogens with zero attached hydrogens (tertiary/aromatic N) is 1. The Balaban J connectivity index is 1.73. The first-order valence-electron chi connectivity index (χ1n) is 12.5. The molecule has 1 aliphatic carbocycles. The minimum absolute atomic E-state index is 0.0258. The van der Waals surface area contributed by atoms with E-state index in [2.05, 4.69) is 0 Å². The molecule has 0 spiro atoms. The number of rotatable bonds is 8. The summed E-state index contributed by atoms with van der Waals surface area (Å²) in [4.78, 5) is 15.6. The van der Waals surface area contributed by atoms with E-state index >= 15 is 0 Å². The molecule has 0 heterocycles. The van der Waals surface area contributed by atoms with Crippen LogP contribution in [0.4, 0.5) is 17.6 Å². The molecule has 2 unspecified atom stereocenters. The number of fused-ring (bicyclic) bond motifs is 1. The molecule has 0 radical (unpaired) electrons. The lowest BCUT2D eigenvalue weighted by molar-refractivity contribution is -0.0328. The molecule has 0 aromatic heterocycles. The number of carbonyl (C=O) groups is 1. The number of halogens is 4. The average molecular weight is 544 g/mol. The zero-order valence-corrected chi connectivity index (χ0v) is 21.7. The molecule has 3 aromatic carbocycles. The van der Waals surface area contributed by atoms with Gasteiger partial charge in [0.2, 0.25) is 0 Å². The highest BCUT2D eigenvalue weighted by atomic mass is 32.2. The smallest absolute Gasteiger partial charge is 0.386 e. The third-order valence-corrected chi connectivity index (χ3v) is 7.40. The summed E-state index contributed by atoms with van der Waals surface area (Å²) in [6.45, 7) is 2.06. The van der Waals surface area contributed by atoms with Crippen molar-refractivity contribution in [3.05, 3.63) is 106 Å². The number of thioether (sulfide) groups is 1. The van der Waals surface area contributed by atoms with Crippen molar-refractivity contribution in [3.8, 4) is 0 Å². The number of aliphatic hydroxyl groups excluding tert-OH is 1. The van der Waals surface area contributed by atoms with E-state index in [-0.39, 0.29) is 35.5 Å². The van der Waals surface area contributed by atoms with Crippen LogP contribution in [-0.4, -0.2) is 34.0 Å². The van der Waals surface area contributed by atoms with Gasteiger partial charge in [0.05, 0.1) is 12.1 Å². The Hall–Kier alpha value is -3.10. The van der Waals surface area contributed by atoms with E-state index in [1.54, 1.807) is 24.0 Å². The van der Waals surface area contributed by atoms with Gasteiger partial charge in [0, 0.05) is 17.0 Å². The number of alkyl halides is 3. The van der Waals surface area contributed by atoms with Gasteiger partial charge in [-0.25, -0.2) is 4.39 Å². The second-order valence-electron chi connectivity index (χ2n) is 9.23. The van der Waals surface area contributed by atoms with E-state index in [9.17, 15) is 27.5 Å². The van der Waals surface area contributed by atoms with Crippen LogP contribution in [-0.2, 0) is 12.8 Å². The lowest BCUT2D eigenvalue weighted by Gasteiger charge is -2.35. The zero-order valence-electron chi connectivity index (χ0n) is 20.9. The average Bonchev–Trinajstić information content (AvgIpc) is 3.13. The maximum absolute atomic E-state index is 14.0. The van der Waals surface area contributed by atoms with Gasteiger partial charge in [0.15, 0.2) is 0 Å². The van der Waals surface area contributed by atoms with Gasteiger partial charge in [0.1, 0.15) is 5.82 Å². The molecular weight excluding hydrogens is 514 g/mol. The molecule has 0 saturated heterocycles. The Labute approximate surface area is 224 Å². The van der Waals surface area contributed by atoms with E-state index < -0.39 is 23.5 Å². The van der Waals surface area contributed by atoms with Crippen molar-refractivity contribution in [1.29, 1.82) is 0 Å². The molecule has 2 atom stereocenters. The molecule has 1 N–H and O–H groups in total. The maximum Gasteiger partial charge on any atom is 0.446 e. The molecule has 200 valence electrons. The Morgan fingerprint density at radius 1 is 1.08 bits per heavy atom. The fourth-order valence-corrected chi connectivity index (χ4v) is 5.52. The zero-order chi connectivity index (χ0) is 27.3. The van der Waals surface area contributed by atoms with Gasteiger partial charge in [-0.05, 0) is 97.0 Å². The third-order valence-electron chi connectivity index (χ3n) is 6.68. The first-order chi connectivity index (χ1) is 18.2. The topological polar surface area (TPSA) is 40.5 Å². The molecule has 3 nitrogen and oxygen atoms in total. The van der Waals surface area contributed by atoms with Gasteiger partial charge in [-0.2, -0.15) is 13.2 Å². The summed E-state index contributed by atoms with van der Waals surface area (Å²) in [5, 5.41) is 11.5. The van der Waals surface area contributed by atoms with Crippen LogP contribution in [0.2, 0.25) is 0 Å². The minimum atomic E-state index is -4.43. The Bertz CT molecular complexity index is 1290. The van der Waals surface area contributed by atoms with Crippen LogP contribution in [0, 0.1) is 5.82 Å². The fourth-order valence-electron chi connectivity index (χ4n) is 4.89. The molecule has 0 saturated carbocycles. The number of benzene rings is 3. The molecule has 0 bridgehead atoms. The molecule has 38 heavy (non-hydrogen) atoms. The number of allylic oxidation sites excluding steroid dienone is 1. The quantitative estimate of drug-likeness (QED) is 0.235. The van der Waals surface area contributed by atoms with Crippen LogP contribution in [0.25, 0.3) is 6.08 Å². The van der Waals surface area contributed by atoms with Crippen LogP contribution in [0.3, 0.4) is 0 Å². The van der Waals surface area contributed by atoms with E-state index in [1.807, 2.05) is 24.3 Å². The summed E-state index contributed by atoms with van der Waals surface area (Å²) in [6, 6.07) is 16.2. The lowest BCUT2D eigenvalue weighted by Crippen LogP contribution is -2.45. The van der Waals surface area contributed by atoms with Crippen LogP contribution in [0.1, 0.15) is 58.5 Å². The Kier molecular flexibility index (Phi) is 8.95. The summed E-state index contributed by atoms with van der Waals surface area (Å²) in [5.74, 6) is -0.737. The van der Waals surface area contributed by atoms with Crippen LogP contribution >= 0.6 is 11.8 Å². The summed E-state index contributed by atoms with van der Waals surface area (Å²) in [7, 11) is 0. The van der Waals surface area contributed by atoms with Crippen LogP contribution in [0.5, 0.6) is 0 Å². The van der Waals surface area contributed by atoms with Gasteiger partial charge in [0.25, 0.3) is 5.91 Å². The maximum atomic E-state index is 14.0. The lowest BCUT2D eigenvalue weighted by atomic mass is 9.92. The number of aliphatic hydroxyl groups is 1. The van der Waals surface area contributed by atoms with E-state index in [4.69, 9.17) is 0 Å². The first kappa shape index (κ1) is 27.9. The van der Waals surface area contributed by atoms with Crippen molar-refractivity contribution in [1.82, 2.24) is 4.90 Å². The van der Waals surface area contributed by atoms with Crippen molar-refractivity contribution in [2.24, 2.45) is 0 Å².